The predicted octanol–water partition coefficient (Wildman–Crippen LogP) is 2.03. The lowest BCUT2D eigenvalue weighted by Crippen LogP contribution is -2.51. The van der Waals surface area contributed by atoms with E-state index in [1.54, 1.807) is 6.33 Å². The maximum atomic E-state index is 12.7. The molecule has 2 amide bonds. The van der Waals surface area contributed by atoms with Crippen molar-refractivity contribution in [3.63, 3.8) is 0 Å². The standard InChI is InChI=1S/C20H23N5O2/c1-13-9-16(14(2)23-13)20(27)25-7-5-24(6-8-25)19(26)11-15-3-4-17-18(10-15)22-12-21-17/h3-4,9-10,12,23H,5-8,11H2,1-2H3,(H,21,22). The third kappa shape index (κ3) is 3.45. The topological polar surface area (TPSA) is 85.1 Å². The summed E-state index contributed by atoms with van der Waals surface area (Å²) in [6.45, 7) is 6.12. The summed E-state index contributed by atoms with van der Waals surface area (Å²) in [5.74, 6) is 0.128. The van der Waals surface area contributed by atoms with E-state index in [9.17, 15) is 9.59 Å². The van der Waals surface area contributed by atoms with E-state index in [1.165, 1.54) is 0 Å². The van der Waals surface area contributed by atoms with Gasteiger partial charge in [0, 0.05) is 37.6 Å². The van der Waals surface area contributed by atoms with Crippen LogP contribution < -0.4 is 0 Å². The molecule has 2 N–H and O–H groups in total. The van der Waals surface area contributed by atoms with Crippen molar-refractivity contribution in [2.45, 2.75) is 20.3 Å². The molecule has 4 rings (SSSR count). The molecule has 1 aromatic carbocycles. The van der Waals surface area contributed by atoms with Gasteiger partial charge in [-0.05, 0) is 37.6 Å². The van der Waals surface area contributed by atoms with Crippen LogP contribution in [0.4, 0.5) is 0 Å². The number of hydrogen-bond donors (Lipinski definition) is 2. The number of carbonyl (C=O) groups excluding carboxylic acids is 2. The molecule has 7 heteroatoms. The highest BCUT2D eigenvalue weighted by Crippen LogP contribution is 2.16. The number of imidazole rings is 1. The molecular weight excluding hydrogens is 342 g/mol. The zero-order valence-electron chi connectivity index (χ0n) is 15.6. The molecule has 0 radical (unpaired) electrons. The van der Waals surface area contributed by atoms with Gasteiger partial charge >= 0.3 is 0 Å². The van der Waals surface area contributed by atoms with Crippen LogP contribution in [0.3, 0.4) is 0 Å². The number of carbonyl (C=O) groups is 2. The lowest BCUT2D eigenvalue weighted by atomic mass is 10.1. The van der Waals surface area contributed by atoms with E-state index in [4.69, 9.17) is 0 Å². The SMILES string of the molecule is Cc1cc(C(=O)N2CCN(C(=O)Cc3ccc4nc[nH]c4c3)CC2)c(C)[nH]1. The third-order valence-electron chi connectivity index (χ3n) is 5.14. The normalized spacial score (nSPS) is 14.7. The number of benzene rings is 1. The van der Waals surface area contributed by atoms with Gasteiger partial charge in [-0.2, -0.15) is 0 Å². The Morgan fingerprint density at radius 3 is 2.52 bits per heavy atom. The van der Waals surface area contributed by atoms with Gasteiger partial charge in [-0.15, -0.1) is 0 Å². The minimum Gasteiger partial charge on any atom is -0.362 e. The van der Waals surface area contributed by atoms with Crippen LogP contribution in [0.5, 0.6) is 0 Å². The van der Waals surface area contributed by atoms with Gasteiger partial charge in [-0.25, -0.2) is 4.98 Å². The lowest BCUT2D eigenvalue weighted by Gasteiger charge is -2.35. The van der Waals surface area contributed by atoms with Crippen molar-refractivity contribution >= 4 is 22.8 Å². The largest absolute Gasteiger partial charge is 0.362 e. The number of rotatable bonds is 3. The summed E-state index contributed by atoms with van der Waals surface area (Å²) in [7, 11) is 0. The lowest BCUT2D eigenvalue weighted by molar-refractivity contribution is -0.131. The molecule has 7 nitrogen and oxygen atoms in total. The second-order valence-corrected chi connectivity index (χ2v) is 7.09. The minimum absolute atomic E-state index is 0.0358. The van der Waals surface area contributed by atoms with Crippen molar-refractivity contribution < 1.29 is 9.59 Å². The quantitative estimate of drug-likeness (QED) is 0.745. The van der Waals surface area contributed by atoms with Crippen molar-refractivity contribution in [1.82, 2.24) is 24.8 Å². The highest BCUT2D eigenvalue weighted by Gasteiger charge is 2.26. The van der Waals surface area contributed by atoms with E-state index in [-0.39, 0.29) is 11.8 Å². The molecule has 140 valence electrons. The molecule has 3 heterocycles. The average molecular weight is 365 g/mol. The Bertz CT molecular complexity index is 995. The van der Waals surface area contributed by atoms with E-state index in [0.29, 0.717) is 32.6 Å². The Balaban J connectivity index is 1.36. The van der Waals surface area contributed by atoms with E-state index in [2.05, 4.69) is 15.0 Å². The molecule has 2 aromatic heterocycles. The molecule has 0 aliphatic carbocycles. The number of hydrogen-bond acceptors (Lipinski definition) is 3. The van der Waals surface area contributed by atoms with Crippen molar-refractivity contribution in [3.05, 3.63) is 53.1 Å². The summed E-state index contributed by atoms with van der Waals surface area (Å²) >= 11 is 0. The molecule has 0 unspecified atom stereocenters. The first-order chi connectivity index (χ1) is 13.0. The summed E-state index contributed by atoms with van der Waals surface area (Å²) in [5.41, 5.74) is 5.40. The van der Waals surface area contributed by atoms with Crippen molar-refractivity contribution in [2.75, 3.05) is 26.2 Å². The number of aromatic amines is 2. The fourth-order valence-corrected chi connectivity index (χ4v) is 3.65. The van der Waals surface area contributed by atoms with Gasteiger partial charge in [0.1, 0.15) is 0 Å². The van der Waals surface area contributed by atoms with Gasteiger partial charge in [-0.3, -0.25) is 9.59 Å². The van der Waals surface area contributed by atoms with Crippen LogP contribution in [-0.4, -0.2) is 62.7 Å². The first-order valence-corrected chi connectivity index (χ1v) is 9.16. The molecular formula is C20H23N5O2. The summed E-state index contributed by atoms with van der Waals surface area (Å²) in [6.07, 6.45) is 2.01. The van der Waals surface area contributed by atoms with Gasteiger partial charge in [0.2, 0.25) is 5.91 Å². The highest BCUT2D eigenvalue weighted by atomic mass is 16.2. The van der Waals surface area contributed by atoms with Crippen LogP contribution in [0.15, 0.2) is 30.6 Å². The van der Waals surface area contributed by atoms with E-state index in [0.717, 1.165) is 33.5 Å². The van der Waals surface area contributed by atoms with Crippen LogP contribution in [-0.2, 0) is 11.2 Å². The Morgan fingerprint density at radius 1 is 1.07 bits per heavy atom. The van der Waals surface area contributed by atoms with Crippen LogP contribution >= 0.6 is 0 Å². The predicted molar refractivity (Wildman–Crippen MR) is 103 cm³/mol. The maximum Gasteiger partial charge on any atom is 0.255 e. The number of H-pyrrole nitrogens is 2. The molecule has 0 spiro atoms. The van der Waals surface area contributed by atoms with Crippen LogP contribution in [0, 0.1) is 13.8 Å². The number of aryl methyl sites for hydroxylation is 2. The molecule has 27 heavy (non-hydrogen) atoms. The number of nitrogens with zero attached hydrogens (tertiary/aromatic N) is 3. The number of aromatic nitrogens is 3. The Hall–Kier alpha value is -3.09. The summed E-state index contributed by atoms with van der Waals surface area (Å²) in [6, 6.07) is 7.72. The number of amides is 2. The fraction of sp³-hybridized carbons (Fsp3) is 0.350. The van der Waals surface area contributed by atoms with Gasteiger partial charge in [-0.1, -0.05) is 6.07 Å². The second-order valence-electron chi connectivity index (χ2n) is 7.09. The average Bonchev–Trinajstić information content (AvgIpc) is 3.26. The maximum absolute atomic E-state index is 12.7. The number of fused-ring (bicyclic) bond motifs is 1. The number of piperazine rings is 1. The van der Waals surface area contributed by atoms with E-state index >= 15 is 0 Å². The third-order valence-corrected chi connectivity index (χ3v) is 5.14. The summed E-state index contributed by atoms with van der Waals surface area (Å²) in [4.78, 5) is 39.4. The van der Waals surface area contributed by atoms with Gasteiger partial charge in [0.25, 0.3) is 5.91 Å². The zero-order valence-corrected chi connectivity index (χ0v) is 15.6. The molecule has 0 saturated carbocycles. The van der Waals surface area contributed by atoms with Crippen molar-refractivity contribution in [1.29, 1.82) is 0 Å². The van der Waals surface area contributed by atoms with Crippen LogP contribution in [0.1, 0.15) is 27.3 Å². The minimum atomic E-state index is 0.0358. The van der Waals surface area contributed by atoms with E-state index in [1.807, 2.05) is 47.9 Å². The van der Waals surface area contributed by atoms with Gasteiger partial charge < -0.3 is 19.8 Å². The Labute approximate surface area is 157 Å². The molecule has 0 bridgehead atoms. The molecule has 1 fully saturated rings. The van der Waals surface area contributed by atoms with Gasteiger partial charge in [0.15, 0.2) is 0 Å². The molecule has 0 atom stereocenters. The van der Waals surface area contributed by atoms with Crippen LogP contribution in [0.2, 0.25) is 0 Å². The highest BCUT2D eigenvalue weighted by molar-refractivity contribution is 5.95. The monoisotopic (exact) mass is 365 g/mol. The first kappa shape index (κ1) is 17.3. The molecule has 3 aromatic rings. The van der Waals surface area contributed by atoms with Crippen molar-refractivity contribution in [3.8, 4) is 0 Å². The van der Waals surface area contributed by atoms with Crippen molar-refractivity contribution in [2.24, 2.45) is 0 Å². The first-order valence-electron chi connectivity index (χ1n) is 9.16. The summed E-state index contributed by atoms with van der Waals surface area (Å²) in [5, 5.41) is 0. The second kappa shape index (κ2) is 6.90. The van der Waals surface area contributed by atoms with E-state index < -0.39 is 0 Å². The summed E-state index contributed by atoms with van der Waals surface area (Å²) < 4.78 is 0. The smallest absolute Gasteiger partial charge is 0.255 e. The molecule has 1 saturated heterocycles. The van der Waals surface area contributed by atoms with Crippen LogP contribution in [0.25, 0.3) is 11.0 Å². The molecule has 1 aliphatic heterocycles. The number of nitrogens with one attached hydrogen (secondary N) is 2. The molecule has 1 aliphatic rings. The Kier molecular flexibility index (Phi) is 4.43. The fourth-order valence-electron chi connectivity index (χ4n) is 3.65. The van der Waals surface area contributed by atoms with Gasteiger partial charge in [0.05, 0.1) is 29.3 Å². The Morgan fingerprint density at radius 2 is 1.81 bits per heavy atom. The zero-order chi connectivity index (χ0) is 19.0.